The van der Waals surface area contributed by atoms with Crippen LogP contribution in [0.15, 0.2) is 77.2 Å². The first-order valence-electron chi connectivity index (χ1n) is 11.0. The lowest BCUT2D eigenvalue weighted by Crippen LogP contribution is -2.25. The SMILES string of the molecule is Nc1ccccc1NC(=O)c1ccc(OCCCNC(=O)c2cc3cc(C(F)(F)F)ccc3o2)cc1. The molecule has 0 unspecified atom stereocenters. The summed E-state index contributed by atoms with van der Waals surface area (Å²) in [6, 6.07) is 17.8. The number of carbonyl (C=O) groups excluding carboxylic acids is 2. The summed E-state index contributed by atoms with van der Waals surface area (Å²) < 4.78 is 49.5. The van der Waals surface area contributed by atoms with E-state index in [1.807, 2.05) is 0 Å². The number of alkyl halides is 3. The normalized spacial score (nSPS) is 11.3. The molecule has 2 amide bonds. The topological polar surface area (TPSA) is 107 Å². The molecule has 7 nitrogen and oxygen atoms in total. The summed E-state index contributed by atoms with van der Waals surface area (Å²) in [5.74, 6) is -0.359. The van der Waals surface area contributed by atoms with Gasteiger partial charge in [0.1, 0.15) is 11.3 Å². The average Bonchev–Trinajstić information content (AvgIpc) is 3.29. The van der Waals surface area contributed by atoms with Crippen molar-refractivity contribution in [2.75, 3.05) is 24.2 Å². The molecule has 0 radical (unpaired) electrons. The quantitative estimate of drug-likeness (QED) is 0.221. The van der Waals surface area contributed by atoms with Gasteiger partial charge in [-0.15, -0.1) is 0 Å². The molecular weight excluding hydrogens is 475 g/mol. The number of ether oxygens (including phenoxy) is 1. The Kier molecular flexibility index (Phi) is 7.14. The number of hydrogen-bond acceptors (Lipinski definition) is 5. The number of nitrogen functional groups attached to an aromatic ring is 1. The average molecular weight is 497 g/mol. The van der Waals surface area contributed by atoms with E-state index in [0.717, 1.165) is 12.1 Å². The highest BCUT2D eigenvalue weighted by Gasteiger charge is 2.30. The van der Waals surface area contributed by atoms with Gasteiger partial charge in [0, 0.05) is 17.5 Å². The number of amides is 2. The summed E-state index contributed by atoms with van der Waals surface area (Å²) in [6.07, 6.45) is -4.00. The van der Waals surface area contributed by atoms with E-state index < -0.39 is 17.6 Å². The lowest BCUT2D eigenvalue weighted by molar-refractivity contribution is -0.137. The van der Waals surface area contributed by atoms with Crippen molar-refractivity contribution >= 4 is 34.2 Å². The Morgan fingerprint density at radius 2 is 1.69 bits per heavy atom. The first kappa shape index (κ1) is 24.6. The fourth-order valence-electron chi connectivity index (χ4n) is 3.39. The molecule has 4 rings (SSSR count). The van der Waals surface area contributed by atoms with Crippen LogP contribution in [-0.4, -0.2) is 25.0 Å². The molecular formula is C26H22F3N3O4. The van der Waals surface area contributed by atoms with Crippen molar-refractivity contribution in [1.82, 2.24) is 5.32 Å². The maximum atomic E-state index is 12.8. The smallest absolute Gasteiger partial charge is 0.416 e. The van der Waals surface area contributed by atoms with Gasteiger partial charge in [-0.05, 0) is 67.1 Å². The van der Waals surface area contributed by atoms with Gasteiger partial charge >= 0.3 is 6.18 Å². The second-order valence-corrected chi connectivity index (χ2v) is 7.88. The third kappa shape index (κ3) is 5.96. The number of nitrogens with one attached hydrogen (secondary N) is 2. The van der Waals surface area contributed by atoms with Crippen LogP contribution >= 0.6 is 0 Å². The number of carbonyl (C=O) groups is 2. The first-order chi connectivity index (χ1) is 17.2. The zero-order valence-electron chi connectivity index (χ0n) is 18.9. The van der Waals surface area contributed by atoms with Crippen LogP contribution in [0.1, 0.15) is 32.9 Å². The van der Waals surface area contributed by atoms with Crippen LogP contribution in [0.25, 0.3) is 11.0 Å². The second kappa shape index (κ2) is 10.4. The number of anilines is 2. The van der Waals surface area contributed by atoms with Crippen molar-refractivity contribution < 1.29 is 31.9 Å². The molecule has 0 saturated heterocycles. The highest BCUT2D eigenvalue weighted by atomic mass is 19.4. The van der Waals surface area contributed by atoms with Crippen molar-refractivity contribution in [3.05, 3.63) is 89.7 Å². The van der Waals surface area contributed by atoms with Crippen molar-refractivity contribution in [2.24, 2.45) is 0 Å². The van der Waals surface area contributed by atoms with Crippen molar-refractivity contribution in [3.63, 3.8) is 0 Å². The zero-order chi connectivity index (χ0) is 25.7. The number of hydrogen-bond donors (Lipinski definition) is 3. The Morgan fingerprint density at radius 1 is 0.944 bits per heavy atom. The lowest BCUT2D eigenvalue weighted by Gasteiger charge is -2.09. The number of furan rings is 1. The molecule has 0 spiro atoms. The number of benzene rings is 3. The van der Waals surface area contributed by atoms with E-state index in [-0.39, 0.29) is 29.2 Å². The summed E-state index contributed by atoms with van der Waals surface area (Å²) in [5.41, 5.74) is 6.65. The van der Waals surface area contributed by atoms with Gasteiger partial charge in [0.15, 0.2) is 5.76 Å². The van der Waals surface area contributed by atoms with Gasteiger partial charge in [-0.1, -0.05) is 12.1 Å². The Morgan fingerprint density at radius 3 is 2.42 bits per heavy atom. The standard InChI is InChI=1S/C26H22F3N3O4/c27-26(28,29)18-8-11-22-17(14-18)15-23(36-22)25(34)31-12-3-13-35-19-9-6-16(7-10-19)24(33)32-21-5-2-1-4-20(21)30/h1-2,4-11,14-15H,3,12-13,30H2,(H,31,34)(H,32,33). The number of halogens is 3. The molecule has 0 saturated carbocycles. The number of nitrogens with two attached hydrogens (primary N) is 1. The molecule has 1 aromatic heterocycles. The van der Waals surface area contributed by atoms with E-state index >= 15 is 0 Å². The Hall–Kier alpha value is -4.47. The van der Waals surface area contributed by atoms with E-state index in [2.05, 4.69) is 10.6 Å². The van der Waals surface area contributed by atoms with Crippen molar-refractivity contribution in [2.45, 2.75) is 12.6 Å². The minimum atomic E-state index is -4.47. The highest BCUT2D eigenvalue weighted by Crippen LogP contribution is 2.32. The van der Waals surface area contributed by atoms with Crippen LogP contribution in [0.5, 0.6) is 5.75 Å². The van der Waals surface area contributed by atoms with E-state index in [9.17, 15) is 22.8 Å². The van der Waals surface area contributed by atoms with Gasteiger partial charge in [-0.2, -0.15) is 13.2 Å². The van der Waals surface area contributed by atoms with Crippen LogP contribution in [-0.2, 0) is 6.18 Å². The maximum Gasteiger partial charge on any atom is 0.416 e. The number of rotatable bonds is 8. The fourth-order valence-corrected chi connectivity index (χ4v) is 3.39. The molecule has 0 aliphatic carbocycles. The number of para-hydroxylation sites is 2. The number of fused-ring (bicyclic) bond motifs is 1. The highest BCUT2D eigenvalue weighted by molar-refractivity contribution is 6.05. The molecule has 0 fully saturated rings. The molecule has 3 aromatic carbocycles. The Labute approximate surface area is 204 Å². The van der Waals surface area contributed by atoms with E-state index in [1.165, 1.54) is 12.1 Å². The second-order valence-electron chi connectivity index (χ2n) is 7.88. The van der Waals surface area contributed by atoms with E-state index in [0.29, 0.717) is 35.7 Å². The Bertz CT molecular complexity index is 1380. The molecule has 186 valence electrons. The molecule has 1 heterocycles. The van der Waals surface area contributed by atoms with E-state index in [4.69, 9.17) is 14.9 Å². The monoisotopic (exact) mass is 497 g/mol. The molecule has 10 heteroatoms. The summed E-state index contributed by atoms with van der Waals surface area (Å²) in [4.78, 5) is 24.6. The lowest BCUT2D eigenvalue weighted by atomic mass is 10.1. The zero-order valence-corrected chi connectivity index (χ0v) is 18.9. The largest absolute Gasteiger partial charge is 0.494 e. The molecule has 4 aromatic rings. The predicted octanol–water partition coefficient (Wildman–Crippen LogP) is 5.49. The van der Waals surface area contributed by atoms with Gasteiger partial charge in [0.2, 0.25) is 0 Å². The molecule has 0 aliphatic heterocycles. The summed E-state index contributed by atoms with van der Waals surface area (Å²) in [6.45, 7) is 0.560. The molecule has 0 aliphatic rings. The third-order valence-electron chi connectivity index (χ3n) is 5.27. The van der Waals surface area contributed by atoms with Gasteiger partial charge in [0.25, 0.3) is 11.8 Å². The third-order valence-corrected chi connectivity index (χ3v) is 5.27. The van der Waals surface area contributed by atoms with Crippen LogP contribution in [0.2, 0.25) is 0 Å². The van der Waals surface area contributed by atoms with Gasteiger partial charge in [-0.3, -0.25) is 9.59 Å². The van der Waals surface area contributed by atoms with Gasteiger partial charge in [0.05, 0.1) is 23.5 Å². The first-order valence-corrected chi connectivity index (χ1v) is 11.0. The van der Waals surface area contributed by atoms with Crippen molar-refractivity contribution in [3.8, 4) is 5.75 Å². The summed E-state index contributed by atoms with van der Waals surface area (Å²) in [7, 11) is 0. The molecule has 36 heavy (non-hydrogen) atoms. The molecule has 4 N–H and O–H groups in total. The van der Waals surface area contributed by atoms with Crippen LogP contribution < -0.4 is 21.1 Å². The summed E-state index contributed by atoms with van der Waals surface area (Å²) >= 11 is 0. The van der Waals surface area contributed by atoms with Crippen molar-refractivity contribution in [1.29, 1.82) is 0 Å². The van der Waals surface area contributed by atoms with E-state index in [1.54, 1.807) is 48.5 Å². The predicted molar refractivity (Wildman–Crippen MR) is 129 cm³/mol. The van der Waals surface area contributed by atoms with Gasteiger partial charge in [-0.25, -0.2) is 0 Å². The minimum Gasteiger partial charge on any atom is -0.494 e. The summed E-state index contributed by atoms with van der Waals surface area (Å²) in [5, 5.41) is 5.59. The minimum absolute atomic E-state index is 0.0728. The fraction of sp³-hybridized carbons (Fsp3) is 0.154. The van der Waals surface area contributed by atoms with Gasteiger partial charge < -0.3 is 25.5 Å². The molecule has 0 atom stereocenters. The van der Waals surface area contributed by atoms with Crippen LogP contribution in [0.4, 0.5) is 24.5 Å². The molecule has 0 bridgehead atoms. The Balaban J connectivity index is 1.22. The van der Waals surface area contributed by atoms with Crippen LogP contribution in [0.3, 0.4) is 0 Å². The maximum absolute atomic E-state index is 12.8. The van der Waals surface area contributed by atoms with Crippen LogP contribution in [0, 0.1) is 0 Å².